The molecule has 0 N–H and O–H groups in total. The molecule has 0 aliphatic heterocycles. The number of hydrogen-bond donors (Lipinski definition) is 0. The van der Waals surface area contributed by atoms with Crippen LogP contribution in [0.15, 0.2) is 182 Å². The zero-order chi connectivity index (χ0) is 30.9. The van der Waals surface area contributed by atoms with Crippen LogP contribution < -0.4 is 4.90 Å². The molecule has 0 fully saturated rings. The van der Waals surface area contributed by atoms with Gasteiger partial charge in [-0.05, 0) is 85.8 Å². The van der Waals surface area contributed by atoms with Gasteiger partial charge < -0.3 is 4.90 Å². The normalized spacial score (nSPS) is 11.2. The van der Waals surface area contributed by atoms with Crippen molar-refractivity contribution in [3.8, 4) is 33.4 Å². The molecule has 8 aromatic rings. The number of hydrogen-bond acceptors (Lipinski definition) is 1. The summed E-state index contributed by atoms with van der Waals surface area (Å²) in [7, 11) is 0. The Morgan fingerprint density at radius 2 is 0.761 bits per heavy atom. The molecule has 0 atom stereocenters. The molecule has 0 aliphatic carbocycles. The van der Waals surface area contributed by atoms with E-state index in [0.29, 0.717) is 5.02 Å². The summed E-state index contributed by atoms with van der Waals surface area (Å²) >= 11 is 6.98. The number of anilines is 3. The highest BCUT2D eigenvalue weighted by Crippen LogP contribution is 2.41. The second-order valence-corrected chi connectivity index (χ2v) is 11.9. The topological polar surface area (TPSA) is 3.24 Å². The summed E-state index contributed by atoms with van der Waals surface area (Å²) in [6, 6.07) is 64.4. The first-order valence-corrected chi connectivity index (χ1v) is 15.9. The van der Waals surface area contributed by atoms with Gasteiger partial charge in [-0.25, -0.2) is 0 Å². The molecule has 46 heavy (non-hydrogen) atoms. The summed E-state index contributed by atoms with van der Waals surface area (Å²) in [6.45, 7) is 0. The number of benzene rings is 8. The van der Waals surface area contributed by atoms with Crippen molar-refractivity contribution in [2.45, 2.75) is 0 Å². The Morgan fingerprint density at radius 3 is 1.28 bits per heavy atom. The van der Waals surface area contributed by atoms with E-state index in [2.05, 4.69) is 169 Å². The Bertz CT molecular complexity index is 2170. The summed E-state index contributed by atoms with van der Waals surface area (Å²) in [5.74, 6) is 0. The lowest BCUT2D eigenvalue weighted by atomic mass is 9.97. The molecule has 0 radical (unpaired) electrons. The molecule has 1 nitrogen and oxygen atoms in total. The highest BCUT2D eigenvalue weighted by Gasteiger charge is 2.16. The molecule has 0 saturated heterocycles. The zero-order valence-corrected chi connectivity index (χ0v) is 25.9. The van der Waals surface area contributed by atoms with Crippen molar-refractivity contribution in [2.75, 3.05) is 4.90 Å². The number of halogens is 1. The first kappa shape index (κ1) is 27.9. The lowest BCUT2D eigenvalue weighted by molar-refractivity contribution is 1.28. The van der Waals surface area contributed by atoms with Crippen LogP contribution in [0.5, 0.6) is 0 Å². The van der Waals surface area contributed by atoms with Gasteiger partial charge in [-0.3, -0.25) is 0 Å². The smallest absolute Gasteiger partial charge is 0.0505 e. The van der Waals surface area contributed by atoms with Crippen LogP contribution in [0, 0.1) is 0 Å². The molecule has 0 bridgehead atoms. The molecular formula is C44H30ClN. The molecule has 0 amide bonds. The third-order valence-corrected chi connectivity index (χ3v) is 9.06. The molecule has 0 aromatic heterocycles. The second-order valence-electron chi connectivity index (χ2n) is 11.5. The Hall–Kier alpha value is -5.63. The van der Waals surface area contributed by atoms with Gasteiger partial charge in [0.2, 0.25) is 0 Å². The third-order valence-electron chi connectivity index (χ3n) is 8.75. The fourth-order valence-corrected chi connectivity index (χ4v) is 6.76. The maximum Gasteiger partial charge on any atom is 0.0505 e. The zero-order valence-electron chi connectivity index (χ0n) is 25.1. The van der Waals surface area contributed by atoms with Crippen molar-refractivity contribution in [2.24, 2.45) is 0 Å². The number of nitrogens with zero attached hydrogens (tertiary/aromatic N) is 1. The van der Waals surface area contributed by atoms with Crippen LogP contribution in [0.2, 0.25) is 5.02 Å². The van der Waals surface area contributed by atoms with Gasteiger partial charge >= 0.3 is 0 Å². The lowest BCUT2D eigenvalue weighted by Gasteiger charge is -2.26. The molecular weight excluding hydrogens is 578 g/mol. The van der Waals surface area contributed by atoms with Crippen LogP contribution in [0.3, 0.4) is 0 Å². The average Bonchev–Trinajstić information content (AvgIpc) is 3.12. The maximum absolute atomic E-state index is 6.98. The van der Waals surface area contributed by atoms with Gasteiger partial charge in [0, 0.05) is 22.6 Å². The predicted molar refractivity (Wildman–Crippen MR) is 197 cm³/mol. The fraction of sp³-hybridized carbons (Fsp3) is 0. The Kier molecular flexibility index (Phi) is 7.30. The Morgan fingerprint density at radius 1 is 0.326 bits per heavy atom. The quantitative estimate of drug-likeness (QED) is 0.182. The first-order chi connectivity index (χ1) is 22.7. The van der Waals surface area contributed by atoms with Crippen molar-refractivity contribution in [3.63, 3.8) is 0 Å². The fourth-order valence-electron chi connectivity index (χ4n) is 6.48. The van der Waals surface area contributed by atoms with E-state index in [4.69, 9.17) is 11.6 Å². The van der Waals surface area contributed by atoms with E-state index in [1.54, 1.807) is 0 Å². The van der Waals surface area contributed by atoms with Gasteiger partial charge in [0.1, 0.15) is 0 Å². The summed E-state index contributed by atoms with van der Waals surface area (Å²) in [5.41, 5.74) is 10.1. The number of rotatable bonds is 6. The summed E-state index contributed by atoms with van der Waals surface area (Å²) in [5, 5.41) is 5.70. The largest absolute Gasteiger partial charge is 0.310 e. The minimum atomic E-state index is 0.716. The van der Waals surface area contributed by atoms with E-state index < -0.39 is 0 Å². The predicted octanol–water partition coefficient (Wildman–Crippen LogP) is 13.1. The molecule has 0 aliphatic rings. The first-order valence-electron chi connectivity index (χ1n) is 15.5. The van der Waals surface area contributed by atoms with E-state index in [9.17, 15) is 0 Å². The van der Waals surface area contributed by atoms with Crippen LogP contribution in [0.1, 0.15) is 0 Å². The molecule has 2 heteroatoms. The Labute approximate surface area is 274 Å². The molecule has 0 spiro atoms. The van der Waals surface area contributed by atoms with Crippen LogP contribution in [-0.4, -0.2) is 0 Å². The van der Waals surface area contributed by atoms with E-state index in [-0.39, 0.29) is 0 Å². The molecule has 0 heterocycles. The van der Waals surface area contributed by atoms with Gasteiger partial charge in [0.25, 0.3) is 0 Å². The van der Waals surface area contributed by atoms with Crippen molar-refractivity contribution in [3.05, 3.63) is 187 Å². The highest BCUT2D eigenvalue weighted by atomic mass is 35.5. The van der Waals surface area contributed by atoms with Crippen LogP contribution in [0.4, 0.5) is 17.1 Å². The van der Waals surface area contributed by atoms with Crippen LogP contribution in [-0.2, 0) is 0 Å². The third kappa shape index (κ3) is 5.21. The molecule has 0 saturated carbocycles. The highest BCUT2D eigenvalue weighted by molar-refractivity contribution is 6.33. The average molecular weight is 608 g/mol. The molecule has 8 rings (SSSR count). The van der Waals surface area contributed by atoms with Crippen molar-refractivity contribution in [1.29, 1.82) is 0 Å². The van der Waals surface area contributed by atoms with Crippen molar-refractivity contribution >= 4 is 50.2 Å². The van der Waals surface area contributed by atoms with Gasteiger partial charge in [-0.2, -0.15) is 0 Å². The van der Waals surface area contributed by atoms with Crippen LogP contribution >= 0.6 is 11.6 Å². The van der Waals surface area contributed by atoms with Gasteiger partial charge in [-0.1, -0.05) is 157 Å². The Balaban J connectivity index is 1.22. The van der Waals surface area contributed by atoms with Gasteiger partial charge in [0.15, 0.2) is 0 Å². The van der Waals surface area contributed by atoms with Gasteiger partial charge in [0.05, 0.1) is 5.02 Å². The monoisotopic (exact) mass is 607 g/mol. The van der Waals surface area contributed by atoms with E-state index in [1.807, 2.05) is 18.2 Å². The molecule has 0 unspecified atom stereocenters. The SMILES string of the molecule is Clc1cc(N(c2ccc(-c3cccc4ccccc34)cc2)c2ccc(-c3cccc4ccccc34)cc2)ccc1-c1ccccc1. The molecule has 218 valence electrons. The maximum atomic E-state index is 6.98. The summed E-state index contributed by atoms with van der Waals surface area (Å²) < 4.78 is 0. The van der Waals surface area contributed by atoms with Crippen LogP contribution in [0.25, 0.3) is 54.9 Å². The standard InChI is InChI=1S/C44H30ClN/c45-44-30-38(28-29-43(44)33-10-2-1-3-11-33)46(36-24-20-34(21-25-36)41-18-8-14-31-12-4-6-16-39(31)41)37-26-22-35(23-27-37)42-19-9-15-32-13-5-7-17-40(32)42/h1-30H. The van der Waals surface area contributed by atoms with E-state index in [1.165, 1.54) is 43.8 Å². The minimum absolute atomic E-state index is 0.716. The van der Waals surface area contributed by atoms with Crippen molar-refractivity contribution < 1.29 is 0 Å². The molecule has 8 aromatic carbocycles. The summed E-state index contributed by atoms with van der Waals surface area (Å²) in [6.07, 6.45) is 0. The number of fused-ring (bicyclic) bond motifs is 2. The van der Waals surface area contributed by atoms with E-state index >= 15 is 0 Å². The summed E-state index contributed by atoms with van der Waals surface area (Å²) in [4.78, 5) is 2.28. The van der Waals surface area contributed by atoms with E-state index in [0.717, 1.165) is 28.2 Å². The van der Waals surface area contributed by atoms with Crippen molar-refractivity contribution in [1.82, 2.24) is 0 Å². The van der Waals surface area contributed by atoms with Gasteiger partial charge in [-0.15, -0.1) is 0 Å². The lowest BCUT2D eigenvalue weighted by Crippen LogP contribution is -2.10. The minimum Gasteiger partial charge on any atom is -0.310 e. The second kappa shape index (κ2) is 12.0.